The van der Waals surface area contributed by atoms with Gasteiger partial charge in [0.2, 0.25) is 0 Å². The lowest BCUT2D eigenvalue weighted by atomic mass is 9.97. The number of hydrogen-bond donors (Lipinski definition) is 0. The van der Waals surface area contributed by atoms with Gasteiger partial charge in [-0.3, -0.25) is 0 Å². The summed E-state index contributed by atoms with van der Waals surface area (Å²) in [7, 11) is 0. The van der Waals surface area contributed by atoms with Crippen LogP contribution in [0, 0.1) is 0 Å². The first kappa shape index (κ1) is 34.3. The van der Waals surface area contributed by atoms with Gasteiger partial charge in [-0.05, 0) is 74.5 Å². The van der Waals surface area contributed by atoms with E-state index in [0.29, 0.717) is 17.5 Å². The molecule has 2 aromatic heterocycles. The van der Waals surface area contributed by atoms with E-state index < -0.39 is 0 Å². The molecule has 0 amide bonds. The average Bonchev–Trinajstić information content (AvgIpc) is 3.66. The van der Waals surface area contributed by atoms with E-state index in [2.05, 4.69) is 217 Å². The molecule has 0 aliphatic carbocycles. The Kier molecular flexibility index (Phi) is 8.45. The van der Waals surface area contributed by atoms with Crippen molar-refractivity contribution in [1.82, 2.24) is 19.5 Å². The molecular formula is C55H36N4. The average molecular weight is 753 g/mol. The van der Waals surface area contributed by atoms with Crippen molar-refractivity contribution in [3.05, 3.63) is 218 Å². The van der Waals surface area contributed by atoms with Crippen molar-refractivity contribution >= 4 is 32.6 Å². The molecule has 0 bridgehead atoms. The maximum Gasteiger partial charge on any atom is 0.166 e. The molecule has 276 valence electrons. The minimum absolute atomic E-state index is 0.603. The summed E-state index contributed by atoms with van der Waals surface area (Å²) < 4.78 is 2.38. The van der Waals surface area contributed by atoms with Gasteiger partial charge in [0.15, 0.2) is 17.5 Å². The molecule has 4 nitrogen and oxygen atoms in total. The van der Waals surface area contributed by atoms with Crippen LogP contribution in [0.15, 0.2) is 218 Å². The van der Waals surface area contributed by atoms with E-state index in [1.54, 1.807) is 0 Å². The molecule has 0 spiro atoms. The minimum Gasteiger partial charge on any atom is -0.308 e. The molecule has 0 fully saturated rings. The van der Waals surface area contributed by atoms with E-state index in [1.165, 1.54) is 21.9 Å². The van der Waals surface area contributed by atoms with E-state index in [-0.39, 0.29) is 0 Å². The van der Waals surface area contributed by atoms with Crippen LogP contribution in [0.2, 0.25) is 0 Å². The number of hydrogen-bond acceptors (Lipinski definition) is 3. The van der Waals surface area contributed by atoms with Crippen molar-refractivity contribution in [2.24, 2.45) is 0 Å². The fourth-order valence-corrected chi connectivity index (χ4v) is 8.38. The summed E-state index contributed by atoms with van der Waals surface area (Å²) >= 11 is 0. The minimum atomic E-state index is 0.603. The van der Waals surface area contributed by atoms with Gasteiger partial charge in [-0.2, -0.15) is 0 Å². The van der Waals surface area contributed by atoms with Crippen LogP contribution in [-0.4, -0.2) is 19.5 Å². The van der Waals surface area contributed by atoms with Gasteiger partial charge in [-0.1, -0.05) is 188 Å². The number of fused-ring (bicyclic) bond motifs is 4. The van der Waals surface area contributed by atoms with Crippen molar-refractivity contribution in [2.45, 2.75) is 0 Å². The third kappa shape index (κ3) is 6.24. The Morgan fingerprint density at radius 3 is 1.41 bits per heavy atom. The van der Waals surface area contributed by atoms with Crippen LogP contribution in [-0.2, 0) is 0 Å². The molecule has 0 unspecified atom stereocenters. The zero-order valence-corrected chi connectivity index (χ0v) is 32.1. The van der Waals surface area contributed by atoms with Crippen LogP contribution in [0.1, 0.15) is 0 Å². The lowest BCUT2D eigenvalue weighted by molar-refractivity contribution is 1.07. The molecule has 9 aromatic carbocycles. The molecule has 0 saturated carbocycles. The lowest BCUT2D eigenvalue weighted by Crippen LogP contribution is -2.04. The summed E-state index contributed by atoms with van der Waals surface area (Å²) in [6.45, 7) is 0. The smallest absolute Gasteiger partial charge is 0.166 e. The standard InChI is InChI=1S/C55H36N4/c1-3-15-37(16-4-1)39-29-31-41(32-30-39)53-56-54(48-26-14-20-40-19-7-8-23-45(40)48)58-55(57-53)49-34-33-44(43-22-13-21-42(35-43)38-17-5-2-6-18-38)36-52(49)59-50-27-11-9-24-46(50)47-25-10-12-28-51(47)59/h1-36H. The van der Waals surface area contributed by atoms with Crippen LogP contribution in [0.25, 0.3) is 106 Å². The quantitative estimate of drug-likeness (QED) is 0.163. The Morgan fingerprint density at radius 2 is 0.712 bits per heavy atom. The van der Waals surface area contributed by atoms with Crippen LogP contribution >= 0.6 is 0 Å². The Labute approximate surface area is 342 Å². The van der Waals surface area contributed by atoms with Crippen molar-refractivity contribution in [1.29, 1.82) is 0 Å². The van der Waals surface area contributed by atoms with Gasteiger partial charge in [0, 0.05) is 27.5 Å². The normalized spacial score (nSPS) is 11.4. The first-order valence-corrected chi connectivity index (χ1v) is 19.9. The van der Waals surface area contributed by atoms with Crippen LogP contribution < -0.4 is 0 Å². The largest absolute Gasteiger partial charge is 0.308 e. The molecule has 0 aliphatic heterocycles. The highest BCUT2D eigenvalue weighted by atomic mass is 15.1. The second-order valence-electron chi connectivity index (χ2n) is 14.8. The summed E-state index contributed by atoms with van der Waals surface area (Å²) in [5.41, 5.74) is 12.9. The van der Waals surface area contributed by atoms with Crippen molar-refractivity contribution < 1.29 is 0 Å². The highest BCUT2D eigenvalue weighted by Crippen LogP contribution is 2.39. The highest BCUT2D eigenvalue weighted by Gasteiger charge is 2.21. The SMILES string of the molecule is c1ccc(-c2ccc(-c3nc(-c4ccc(-c5cccc(-c6ccccc6)c5)cc4-n4c5ccccc5c5ccccc54)nc(-c4cccc5ccccc45)n3)cc2)cc1. The summed E-state index contributed by atoms with van der Waals surface area (Å²) in [4.78, 5) is 15.9. The molecule has 0 radical (unpaired) electrons. The van der Waals surface area contributed by atoms with Gasteiger partial charge < -0.3 is 4.57 Å². The number of aromatic nitrogens is 4. The van der Waals surface area contributed by atoms with Crippen molar-refractivity contribution in [3.63, 3.8) is 0 Å². The molecule has 0 aliphatic rings. The van der Waals surface area contributed by atoms with Crippen molar-refractivity contribution in [2.75, 3.05) is 0 Å². The Balaban J connectivity index is 1.16. The molecule has 0 N–H and O–H groups in total. The van der Waals surface area contributed by atoms with Crippen molar-refractivity contribution in [3.8, 4) is 73.2 Å². The number of para-hydroxylation sites is 2. The molecule has 0 atom stereocenters. The lowest BCUT2D eigenvalue weighted by Gasteiger charge is -2.17. The van der Waals surface area contributed by atoms with E-state index in [1.807, 2.05) is 6.07 Å². The van der Waals surface area contributed by atoms with Crippen LogP contribution in [0.5, 0.6) is 0 Å². The molecular weight excluding hydrogens is 717 g/mol. The number of rotatable bonds is 7. The highest BCUT2D eigenvalue weighted by molar-refractivity contribution is 6.10. The van der Waals surface area contributed by atoms with Gasteiger partial charge in [0.25, 0.3) is 0 Å². The molecule has 2 heterocycles. The van der Waals surface area contributed by atoms with Gasteiger partial charge in [0.1, 0.15) is 0 Å². The van der Waals surface area contributed by atoms with Gasteiger partial charge >= 0.3 is 0 Å². The van der Waals surface area contributed by atoms with E-state index >= 15 is 0 Å². The zero-order chi connectivity index (χ0) is 39.1. The Bertz CT molecular complexity index is 3250. The summed E-state index contributed by atoms with van der Waals surface area (Å²) in [6.07, 6.45) is 0. The second-order valence-corrected chi connectivity index (χ2v) is 14.8. The molecule has 59 heavy (non-hydrogen) atoms. The van der Waals surface area contributed by atoms with Gasteiger partial charge in [-0.15, -0.1) is 0 Å². The molecule has 11 rings (SSSR count). The third-order valence-electron chi connectivity index (χ3n) is 11.3. The fourth-order valence-electron chi connectivity index (χ4n) is 8.38. The molecule has 0 saturated heterocycles. The molecule has 11 aromatic rings. The van der Waals surface area contributed by atoms with Gasteiger partial charge in [-0.25, -0.2) is 15.0 Å². The molecule has 4 heteroatoms. The summed E-state index contributed by atoms with van der Waals surface area (Å²) in [5.74, 6) is 1.85. The van der Waals surface area contributed by atoms with E-state index in [9.17, 15) is 0 Å². The second kappa shape index (κ2) is 14.5. The summed E-state index contributed by atoms with van der Waals surface area (Å²) in [5, 5.41) is 4.61. The Morgan fingerprint density at radius 1 is 0.271 bits per heavy atom. The van der Waals surface area contributed by atoms with Crippen LogP contribution in [0.4, 0.5) is 0 Å². The maximum atomic E-state index is 5.37. The fraction of sp³-hybridized carbons (Fsp3) is 0. The third-order valence-corrected chi connectivity index (χ3v) is 11.3. The van der Waals surface area contributed by atoms with Crippen LogP contribution in [0.3, 0.4) is 0 Å². The number of benzene rings is 9. The first-order valence-electron chi connectivity index (χ1n) is 19.9. The zero-order valence-electron chi connectivity index (χ0n) is 32.1. The Hall–Kier alpha value is -7.95. The van der Waals surface area contributed by atoms with E-state index in [0.717, 1.165) is 66.4 Å². The first-order chi connectivity index (χ1) is 29.2. The van der Waals surface area contributed by atoms with E-state index in [4.69, 9.17) is 15.0 Å². The topological polar surface area (TPSA) is 43.6 Å². The summed E-state index contributed by atoms with van der Waals surface area (Å²) in [6, 6.07) is 77.0. The predicted molar refractivity (Wildman–Crippen MR) is 244 cm³/mol. The maximum absolute atomic E-state index is 5.37. The predicted octanol–water partition coefficient (Wildman–Crippen LogP) is 14.1. The van der Waals surface area contributed by atoms with Gasteiger partial charge in [0.05, 0.1) is 16.7 Å². The monoisotopic (exact) mass is 752 g/mol. The number of nitrogens with zero attached hydrogens (tertiary/aromatic N) is 4.